The van der Waals surface area contributed by atoms with Gasteiger partial charge in [0.15, 0.2) is 0 Å². The van der Waals surface area contributed by atoms with Crippen molar-refractivity contribution in [3.8, 4) is 0 Å². The molecule has 0 radical (unpaired) electrons. The molecular weight excluding hydrogens is 252 g/mol. The lowest BCUT2D eigenvalue weighted by molar-refractivity contribution is 0.0147. The van der Waals surface area contributed by atoms with E-state index in [4.69, 9.17) is 4.74 Å². The van der Waals surface area contributed by atoms with Crippen LogP contribution in [0.3, 0.4) is 0 Å². The molecule has 0 spiro atoms. The van der Waals surface area contributed by atoms with Gasteiger partial charge < -0.3 is 9.30 Å². The van der Waals surface area contributed by atoms with Crippen molar-refractivity contribution in [2.45, 2.75) is 31.8 Å². The van der Waals surface area contributed by atoms with E-state index in [0.29, 0.717) is 6.04 Å². The van der Waals surface area contributed by atoms with Crippen LogP contribution in [0.25, 0.3) is 0 Å². The summed E-state index contributed by atoms with van der Waals surface area (Å²) in [5.41, 5.74) is 0. The van der Waals surface area contributed by atoms with Crippen molar-refractivity contribution in [3.63, 3.8) is 0 Å². The predicted octanol–water partition coefficient (Wildman–Crippen LogP) is 1.11. The van der Waals surface area contributed by atoms with Gasteiger partial charge in [-0.3, -0.25) is 9.80 Å². The van der Waals surface area contributed by atoms with Crippen LogP contribution in [0.5, 0.6) is 0 Å². The normalized spacial score (nSPS) is 25.9. The number of aryl methyl sites for hydroxylation is 1. The van der Waals surface area contributed by atoms with E-state index in [0.717, 1.165) is 32.8 Å². The van der Waals surface area contributed by atoms with Crippen LogP contribution in [0.1, 0.15) is 25.1 Å². The van der Waals surface area contributed by atoms with E-state index < -0.39 is 0 Å². The van der Waals surface area contributed by atoms with Crippen LogP contribution in [0, 0.1) is 0 Å². The van der Waals surface area contributed by atoms with E-state index in [2.05, 4.69) is 26.4 Å². The van der Waals surface area contributed by atoms with Crippen LogP contribution >= 0.6 is 0 Å². The first kappa shape index (κ1) is 14.0. The van der Waals surface area contributed by atoms with Gasteiger partial charge in [0.1, 0.15) is 5.82 Å². The Hall–Kier alpha value is -0.910. The van der Waals surface area contributed by atoms with Crippen LogP contribution in [0.15, 0.2) is 12.4 Å². The van der Waals surface area contributed by atoms with Gasteiger partial charge in [-0.1, -0.05) is 6.42 Å². The Morgan fingerprint density at radius 1 is 1.25 bits per heavy atom. The molecule has 1 aromatic rings. The Bertz CT molecular complexity index is 414. The summed E-state index contributed by atoms with van der Waals surface area (Å²) in [4.78, 5) is 9.67. The Morgan fingerprint density at radius 2 is 2.10 bits per heavy atom. The number of aromatic nitrogens is 2. The van der Waals surface area contributed by atoms with Crippen molar-refractivity contribution >= 4 is 0 Å². The molecule has 5 nitrogen and oxygen atoms in total. The van der Waals surface area contributed by atoms with Crippen molar-refractivity contribution in [2.24, 2.45) is 7.05 Å². The Morgan fingerprint density at radius 3 is 2.85 bits per heavy atom. The molecule has 0 aliphatic carbocycles. The number of hydrogen-bond donors (Lipinski definition) is 0. The lowest BCUT2D eigenvalue weighted by Gasteiger charge is -2.39. The second-order valence-electron chi connectivity index (χ2n) is 5.99. The smallest absolute Gasteiger partial charge is 0.122 e. The molecule has 3 rings (SSSR count). The average Bonchev–Trinajstić information content (AvgIpc) is 2.88. The van der Waals surface area contributed by atoms with Crippen molar-refractivity contribution < 1.29 is 4.74 Å². The Balaban J connectivity index is 1.59. The van der Waals surface area contributed by atoms with Gasteiger partial charge in [0, 0.05) is 45.1 Å². The number of ether oxygens (including phenoxy) is 1. The summed E-state index contributed by atoms with van der Waals surface area (Å²) in [6.07, 6.45) is 7.95. The maximum atomic E-state index is 5.45. The summed E-state index contributed by atoms with van der Waals surface area (Å²) in [6, 6.07) is 0.679. The molecule has 2 fully saturated rings. The maximum absolute atomic E-state index is 5.45. The summed E-state index contributed by atoms with van der Waals surface area (Å²) >= 11 is 0. The molecule has 2 aliphatic heterocycles. The number of morpholine rings is 1. The second kappa shape index (κ2) is 6.70. The molecule has 0 amide bonds. The van der Waals surface area contributed by atoms with Crippen LogP contribution in [-0.2, 0) is 18.3 Å². The van der Waals surface area contributed by atoms with Gasteiger partial charge in [0.2, 0.25) is 0 Å². The molecule has 0 aromatic carbocycles. The molecule has 1 aromatic heterocycles. The fourth-order valence-corrected chi connectivity index (χ4v) is 3.29. The van der Waals surface area contributed by atoms with Gasteiger partial charge in [-0.25, -0.2) is 4.98 Å². The molecule has 112 valence electrons. The lowest BCUT2D eigenvalue weighted by atomic mass is 10.0. The highest BCUT2D eigenvalue weighted by molar-refractivity contribution is 4.93. The zero-order valence-electron chi connectivity index (χ0n) is 12.5. The minimum Gasteiger partial charge on any atom is -0.379 e. The molecule has 5 heteroatoms. The highest BCUT2D eigenvalue weighted by Gasteiger charge is 2.26. The van der Waals surface area contributed by atoms with E-state index >= 15 is 0 Å². The van der Waals surface area contributed by atoms with Crippen molar-refractivity contribution in [3.05, 3.63) is 18.2 Å². The van der Waals surface area contributed by atoms with Crippen molar-refractivity contribution in [2.75, 3.05) is 39.4 Å². The lowest BCUT2D eigenvalue weighted by Crippen LogP contribution is -2.49. The van der Waals surface area contributed by atoms with E-state index in [1.54, 1.807) is 0 Å². The minimum absolute atomic E-state index is 0.679. The Kier molecular flexibility index (Phi) is 4.70. The number of imidazole rings is 1. The minimum atomic E-state index is 0.679. The van der Waals surface area contributed by atoms with Gasteiger partial charge in [-0.2, -0.15) is 0 Å². The molecule has 1 atom stereocenters. The summed E-state index contributed by atoms with van der Waals surface area (Å²) in [5.74, 6) is 1.18. The van der Waals surface area contributed by atoms with Gasteiger partial charge >= 0.3 is 0 Å². The molecule has 2 aliphatic rings. The standard InChI is InChI=1S/C15H26N4O/c1-17-7-5-16-15(17)13-19-6-3-2-4-14(19)12-18-8-10-20-11-9-18/h5,7,14H,2-4,6,8-13H2,1H3/t14-/m1/s1. The van der Waals surface area contributed by atoms with E-state index in [1.807, 2.05) is 12.4 Å². The fourth-order valence-electron chi connectivity index (χ4n) is 3.29. The third kappa shape index (κ3) is 3.40. The molecule has 2 saturated heterocycles. The molecular formula is C15H26N4O. The zero-order chi connectivity index (χ0) is 13.8. The SMILES string of the molecule is Cn1ccnc1CN1CCCC[C@@H]1CN1CCOCC1. The molecule has 20 heavy (non-hydrogen) atoms. The molecule has 0 unspecified atom stereocenters. The topological polar surface area (TPSA) is 33.5 Å². The van der Waals surface area contributed by atoms with Gasteiger partial charge in [0.25, 0.3) is 0 Å². The van der Waals surface area contributed by atoms with E-state index in [1.165, 1.54) is 38.2 Å². The number of rotatable bonds is 4. The first-order valence-electron chi connectivity index (χ1n) is 7.83. The average molecular weight is 278 g/mol. The first-order valence-corrected chi connectivity index (χ1v) is 7.83. The highest BCUT2D eigenvalue weighted by atomic mass is 16.5. The summed E-state index contributed by atoms with van der Waals surface area (Å²) in [5, 5.41) is 0. The number of hydrogen-bond acceptors (Lipinski definition) is 4. The number of nitrogens with zero attached hydrogens (tertiary/aromatic N) is 4. The number of likely N-dealkylation sites (tertiary alicyclic amines) is 1. The third-order valence-electron chi connectivity index (χ3n) is 4.59. The molecule has 0 N–H and O–H groups in total. The second-order valence-corrected chi connectivity index (χ2v) is 5.99. The van der Waals surface area contributed by atoms with Crippen LogP contribution in [0.4, 0.5) is 0 Å². The van der Waals surface area contributed by atoms with E-state index in [9.17, 15) is 0 Å². The molecule has 3 heterocycles. The largest absolute Gasteiger partial charge is 0.379 e. The van der Waals surface area contributed by atoms with Crippen LogP contribution in [0.2, 0.25) is 0 Å². The molecule has 0 bridgehead atoms. The number of piperidine rings is 1. The van der Waals surface area contributed by atoms with Gasteiger partial charge in [-0.15, -0.1) is 0 Å². The molecule has 0 saturated carbocycles. The van der Waals surface area contributed by atoms with Crippen molar-refractivity contribution in [1.29, 1.82) is 0 Å². The summed E-state index contributed by atoms with van der Waals surface area (Å²) in [7, 11) is 2.09. The van der Waals surface area contributed by atoms with Gasteiger partial charge in [0.05, 0.1) is 19.8 Å². The summed E-state index contributed by atoms with van der Waals surface area (Å²) in [6.45, 7) is 7.35. The quantitative estimate of drug-likeness (QED) is 0.826. The third-order valence-corrected chi connectivity index (χ3v) is 4.59. The van der Waals surface area contributed by atoms with Crippen LogP contribution in [-0.4, -0.2) is 64.8 Å². The predicted molar refractivity (Wildman–Crippen MR) is 78.5 cm³/mol. The summed E-state index contributed by atoms with van der Waals surface area (Å²) < 4.78 is 7.59. The first-order chi connectivity index (χ1) is 9.83. The Labute approximate surface area is 121 Å². The fraction of sp³-hybridized carbons (Fsp3) is 0.800. The van der Waals surface area contributed by atoms with E-state index in [-0.39, 0.29) is 0 Å². The van der Waals surface area contributed by atoms with Gasteiger partial charge in [-0.05, 0) is 19.4 Å². The monoisotopic (exact) mass is 278 g/mol. The van der Waals surface area contributed by atoms with Crippen molar-refractivity contribution in [1.82, 2.24) is 19.4 Å². The van der Waals surface area contributed by atoms with Crippen LogP contribution < -0.4 is 0 Å². The maximum Gasteiger partial charge on any atom is 0.122 e. The highest BCUT2D eigenvalue weighted by Crippen LogP contribution is 2.20. The zero-order valence-corrected chi connectivity index (χ0v) is 12.5.